The Kier molecular flexibility index (Phi) is 5.06. The number of urea groups is 1. The number of aryl methyl sites for hydroxylation is 1. The summed E-state index contributed by atoms with van der Waals surface area (Å²) in [6.45, 7) is 7.49. The van der Waals surface area contributed by atoms with Crippen molar-refractivity contribution in [2.75, 3.05) is 11.9 Å². The van der Waals surface area contributed by atoms with Crippen molar-refractivity contribution in [1.82, 2.24) is 4.90 Å². The van der Waals surface area contributed by atoms with Crippen LogP contribution in [0.1, 0.15) is 36.1 Å². The van der Waals surface area contributed by atoms with Crippen LogP contribution in [-0.2, 0) is 18.5 Å². The van der Waals surface area contributed by atoms with Crippen LogP contribution in [0.3, 0.4) is 0 Å². The number of rotatable bonds is 4. The molecule has 0 fully saturated rings. The van der Waals surface area contributed by atoms with E-state index in [0.29, 0.717) is 13.1 Å². The first-order chi connectivity index (χ1) is 11.8. The highest BCUT2D eigenvalue weighted by Gasteiger charge is 2.26. The summed E-state index contributed by atoms with van der Waals surface area (Å²) >= 11 is 2.34. The molecular formula is C20H24IN3O. The molecule has 1 atom stereocenters. The van der Waals surface area contributed by atoms with Gasteiger partial charge in [-0.25, -0.2) is 4.79 Å². The second-order valence-electron chi connectivity index (χ2n) is 7.05. The molecule has 0 aromatic heterocycles. The van der Waals surface area contributed by atoms with Crippen LogP contribution >= 0.6 is 22.6 Å². The molecule has 1 unspecified atom stereocenters. The Labute approximate surface area is 162 Å². The van der Waals surface area contributed by atoms with Crippen LogP contribution in [0.15, 0.2) is 36.4 Å². The number of nitrogens with one attached hydrogen (secondary N) is 1. The lowest BCUT2D eigenvalue weighted by Gasteiger charge is -2.31. The first-order valence-electron chi connectivity index (χ1n) is 8.53. The van der Waals surface area contributed by atoms with Crippen LogP contribution < -0.4 is 11.1 Å². The van der Waals surface area contributed by atoms with Gasteiger partial charge in [0.15, 0.2) is 0 Å². The largest absolute Gasteiger partial charge is 0.322 e. The molecule has 2 aromatic carbocycles. The number of anilines is 1. The summed E-state index contributed by atoms with van der Waals surface area (Å²) in [5, 5.41) is 2.99. The van der Waals surface area contributed by atoms with E-state index in [-0.39, 0.29) is 6.03 Å². The molecule has 0 saturated carbocycles. The van der Waals surface area contributed by atoms with Crippen LogP contribution in [0, 0.1) is 10.5 Å². The maximum Gasteiger partial charge on any atom is 0.322 e. The highest BCUT2D eigenvalue weighted by Crippen LogP contribution is 2.30. The number of fused-ring (bicyclic) bond motifs is 1. The minimum absolute atomic E-state index is 0.0425. The van der Waals surface area contributed by atoms with Crippen molar-refractivity contribution in [3.63, 3.8) is 0 Å². The molecule has 4 nitrogen and oxygen atoms in total. The smallest absolute Gasteiger partial charge is 0.321 e. The quantitative estimate of drug-likeness (QED) is 0.681. The fraction of sp³-hybridized carbons (Fsp3) is 0.350. The maximum absolute atomic E-state index is 12.1. The molecule has 0 saturated heterocycles. The molecule has 3 rings (SSSR count). The van der Waals surface area contributed by atoms with Crippen molar-refractivity contribution < 1.29 is 4.79 Å². The monoisotopic (exact) mass is 449 g/mol. The minimum Gasteiger partial charge on any atom is -0.321 e. The summed E-state index contributed by atoms with van der Waals surface area (Å²) in [4.78, 5) is 13.9. The molecule has 3 N–H and O–H groups in total. The summed E-state index contributed by atoms with van der Waals surface area (Å²) in [6, 6.07) is 12.7. The zero-order valence-corrected chi connectivity index (χ0v) is 17.1. The van der Waals surface area contributed by atoms with Gasteiger partial charge in [0.05, 0.1) is 0 Å². The molecule has 132 valence electrons. The molecule has 5 heteroatoms. The Bertz CT molecular complexity index is 796. The summed E-state index contributed by atoms with van der Waals surface area (Å²) in [7, 11) is 0. The average Bonchev–Trinajstić information content (AvgIpc) is 2.52. The highest BCUT2D eigenvalue weighted by atomic mass is 127. The van der Waals surface area contributed by atoms with Crippen molar-refractivity contribution in [3.05, 3.63) is 62.2 Å². The minimum atomic E-state index is -0.501. The summed E-state index contributed by atoms with van der Waals surface area (Å²) in [5.74, 6) is 0. The van der Waals surface area contributed by atoms with E-state index in [9.17, 15) is 4.79 Å². The van der Waals surface area contributed by atoms with E-state index >= 15 is 0 Å². The van der Waals surface area contributed by atoms with Gasteiger partial charge < -0.3 is 16.0 Å². The third-order valence-corrected chi connectivity index (χ3v) is 5.34. The van der Waals surface area contributed by atoms with Crippen molar-refractivity contribution in [2.45, 2.75) is 39.3 Å². The summed E-state index contributed by atoms with van der Waals surface area (Å²) in [5.41, 5.74) is 11.7. The second-order valence-corrected chi connectivity index (χ2v) is 8.29. The fourth-order valence-electron chi connectivity index (χ4n) is 3.35. The third kappa shape index (κ3) is 3.98. The highest BCUT2D eigenvalue weighted by molar-refractivity contribution is 14.1. The normalized spacial score (nSPS) is 16.2. The lowest BCUT2D eigenvalue weighted by Crippen LogP contribution is -2.39. The van der Waals surface area contributed by atoms with Gasteiger partial charge in [0.2, 0.25) is 0 Å². The van der Waals surface area contributed by atoms with Gasteiger partial charge in [0, 0.05) is 27.9 Å². The Balaban J connectivity index is 1.88. The van der Waals surface area contributed by atoms with E-state index in [4.69, 9.17) is 5.73 Å². The predicted octanol–water partition coefficient (Wildman–Crippen LogP) is 4.38. The van der Waals surface area contributed by atoms with Crippen LogP contribution in [0.2, 0.25) is 0 Å². The van der Waals surface area contributed by atoms with Gasteiger partial charge in [0.1, 0.15) is 0 Å². The number of nitrogens with two attached hydrogens (primary N) is 1. The van der Waals surface area contributed by atoms with Crippen LogP contribution in [0.4, 0.5) is 10.5 Å². The molecule has 0 spiro atoms. The fourth-order valence-corrected chi connectivity index (χ4v) is 4.24. The Morgan fingerprint density at radius 1 is 1.28 bits per heavy atom. The second kappa shape index (κ2) is 6.96. The molecule has 0 radical (unpaired) electrons. The molecule has 2 aromatic rings. The maximum atomic E-state index is 12.1. The number of hydrogen-bond acceptors (Lipinski definition) is 2. The average molecular weight is 449 g/mol. The van der Waals surface area contributed by atoms with Gasteiger partial charge in [-0.15, -0.1) is 0 Å². The van der Waals surface area contributed by atoms with E-state index in [2.05, 4.69) is 65.2 Å². The standard InChI is InChI=1S/C20H24IN3O/c1-4-24-12-15-5-6-16(10-18(15)23-19(24)25)20(3,22)11-14-7-13(2)8-17(21)9-14/h5-10H,4,11-12,22H2,1-3H3,(H,23,25). The third-order valence-electron chi connectivity index (χ3n) is 4.71. The topological polar surface area (TPSA) is 58.4 Å². The summed E-state index contributed by atoms with van der Waals surface area (Å²) < 4.78 is 1.22. The predicted molar refractivity (Wildman–Crippen MR) is 111 cm³/mol. The van der Waals surface area contributed by atoms with Gasteiger partial charge in [-0.1, -0.05) is 18.2 Å². The van der Waals surface area contributed by atoms with E-state index < -0.39 is 5.54 Å². The molecule has 25 heavy (non-hydrogen) atoms. The Morgan fingerprint density at radius 3 is 2.72 bits per heavy atom. The van der Waals surface area contributed by atoms with Crippen LogP contribution in [0.5, 0.6) is 0 Å². The number of carbonyl (C=O) groups is 1. The van der Waals surface area contributed by atoms with E-state index in [1.165, 1.54) is 14.7 Å². The molecule has 1 heterocycles. The number of nitrogens with zero attached hydrogens (tertiary/aromatic N) is 1. The SMILES string of the molecule is CCN1Cc2ccc(C(C)(N)Cc3cc(C)cc(I)c3)cc2NC1=O. The lowest BCUT2D eigenvalue weighted by atomic mass is 9.85. The van der Waals surface area contributed by atoms with Crippen molar-refractivity contribution >= 4 is 34.3 Å². The van der Waals surface area contributed by atoms with Gasteiger partial charge in [-0.05, 0) is 90.2 Å². The zero-order chi connectivity index (χ0) is 18.2. The van der Waals surface area contributed by atoms with Crippen LogP contribution in [0.25, 0.3) is 0 Å². The van der Waals surface area contributed by atoms with Gasteiger partial charge in [-0.2, -0.15) is 0 Å². The molecule has 1 aliphatic heterocycles. The number of benzene rings is 2. The van der Waals surface area contributed by atoms with Gasteiger partial charge in [-0.3, -0.25) is 0 Å². The number of carbonyl (C=O) groups excluding carboxylic acids is 1. The van der Waals surface area contributed by atoms with Crippen molar-refractivity contribution in [2.24, 2.45) is 5.73 Å². The molecular weight excluding hydrogens is 425 g/mol. The Morgan fingerprint density at radius 2 is 2.04 bits per heavy atom. The summed E-state index contributed by atoms with van der Waals surface area (Å²) in [6.07, 6.45) is 0.749. The Hall–Kier alpha value is -1.60. The first kappa shape index (κ1) is 18.2. The molecule has 0 bridgehead atoms. The lowest BCUT2D eigenvalue weighted by molar-refractivity contribution is 0.210. The van der Waals surface area contributed by atoms with Crippen molar-refractivity contribution in [1.29, 1.82) is 0 Å². The number of hydrogen-bond donors (Lipinski definition) is 2. The van der Waals surface area contributed by atoms with E-state index in [1.54, 1.807) is 4.90 Å². The number of amides is 2. The van der Waals surface area contributed by atoms with E-state index in [1.807, 2.05) is 19.9 Å². The van der Waals surface area contributed by atoms with E-state index in [0.717, 1.165) is 23.2 Å². The molecule has 2 amide bonds. The number of halogens is 1. The van der Waals surface area contributed by atoms with Crippen molar-refractivity contribution in [3.8, 4) is 0 Å². The molecule has 1 aliphatic rings. The zero-order valence-electron chi connectivity index (χ0n) is 14.9. The van der Waals surface area contributed by atoms with Crippen LogP contribution in [-0.4, -0.2) is 17.5 Å². The first-order valence-corrected chi connectivity index (χ1v) is 9.60. The van der Waals surface area contributed by atoms with Gasteiger partial charge >= 0.3 is 6.03 Å². The molecule has 0 aliphatic carbocycles. The van der Waals surface area contributed by atoms with Gasteiger partial charge in [0.25, 0.3) is 0 Å².